The van der Waals surface area contributed by atoms with Crippen molar-refractivity contribution in [3.05, 3.63) is 34.3 Å². The minimum Gasteiger partial charge on any atom is -0.299 e. The number of aryl methyl sites for hydroxylation is 1. The molecule has 1 aliphatic carbocycles. The molecule has 0 N–H and O–H groups in total. The van der Waals surface area contributed by atoms with Crippen LogP contribution in [0, 0.1) is 5.92 Å². The molecule has 15 heavy (non-hydrogen) atoms. The lowest BCUT2D eigenvalue weighted by Crippen LogP contribution is -2.00. The monoisotopic (exact) mass is 266 g/mol. The molecule has 0 radical (unpaired) electrons. The number of carbonyl (C=O) groups excluding carboxylic acids is 1. The van der Waals surface area contributed by atoms with Crippen molar-refractivity contribution in [2.24, 2.45) is 5.92 Å². The predicted molar refractivity (Wildman–Crippen MR) is 64.8 cm³/mol. The van der Waals surface area contributed by atoms with E-state index in [4.69, 9.17) is 0 Å². The fourth-order valence-electron chi connectivity index (χ4n) is 1.77. The normalized spacial score (nSPS) is 15.3. The van der Waals surface area contributed by atoms with Crippen LogP contribution in [0.1, 0.15) is 31.2 Å². The van der Waals surface area contributed by atoms with Gasteiger partial charge in [0.1, 0.15) is 5.78 Å². The summed E-state index contributed by atoms with van der Waals surface area (Å²) in [7, 11) is 0. The van der Waals surface area contributed by atoms with Crippen LogP contribution in [-0.4, -0.2) is 5.78 Å². The second-order valence-corrected chi connectivity index (χ2v) is 5.14. The van der Waals surface area contributed by atoms with Gasteiger partial charge in [-0.2, -0.15) is 0 Å². The number of ketones is 1. The fraction of sp³-hybridized carbons (Fsp3) is 0.462. The van der Waals surface area contributed by atoms with Crippen molar-refractivity contribution < 1.29 is 4.79 Å². The highest BCUT2D eigenvalue weighted by Gasteiger charge is 2.28. The molecule has 1 fully saturated rings. The van der Waals surface area contributed by atoms with E-state index in [9.17, 15) is 4.79 Å². The first kappa shape index (κ1) is 10.9. The minimum atomic E-state index is 0.424. The van der Waals surface area contributed by atoms with E-state index in [0.29, 0.717) is 11.7 Å². The van der Waals surface area contributed by atoms with E-state index in [2.05, 4.69) is 28.1 Å². The largest absolute Gasteiger partial charge is 0.299 e. The lowest BCUT2D eigenvalue weighted by molar-refractivity contribution is -0.120. The predicted octanol–water partition coefficient (Wildman–Crippen LogP) is 3.75. The van der Waals surface area contributed by atoms with Gasteiger partial charge >= 0.3 is 0 Å². The highest BCUT2D eigenvalue weighted by molar-refractivity contribution is 9.10. The van der Waals surface area contributed by atoms with Crippen LogP contribution >= 0.6 is 15.9 Å². The Hall–Kier alpha value is -0.630. The summed E-state index contributed by atoms with van der Waals surface area (Å²) in [6.45, 7) is 0. The van der Waals surface area contributed by atoms with Crippen LogP contribution in [0.3, 0.4) is 0 Å². The molecule has 1 aliphatic rings. The molecule has 0 spiro atoms. The maximum absolute atomic E-state index is 11.5. The smallest absolute Gasteiger partial charge is 0.135 e. The number of hydrogen-bond donors (Lipinski definition) is 0. The second-order valence-electron chi connectivity index (χ2n) is 4.22. The molecule has 0 amide bonds. The molecule has 0 atom stereocenters. The summed E-state index contributed by atoms with van der Waals surface area (Å²) in [6, 6.07) is 8.31. The Balaban J connectivity index is 1.75. The van der Waals surface area contributed by atoms with Gasteiger partial charge < -0.3 is 0 Å². The van der Waals surface area contributed by atoms with Crippen LogP contribution < -0.4 is 0 Å². The molecule has 1 nitrogen and oxygen atoms in total. The molecule has 2 heteroatoms. The summed E-state index contributed by atoms with van der Waals surface area (Å²) in [5.41, 5.74) is 1.31. The van der Waals surface area contributed by atoms with E-state index in [1.807, 2.05) is 12.1 Å². The van der Waals surface area contributed by atoms with Gasteiger partial charge in [0.25, 0.3) is 0 Å². The molecule has 0 aromatic heterocycles. The average molecular weight is 267 g/mol. The maximum atomic E-state index is 11.5. The van der Waals surface area contributed by atoms with Gasteiger partial charge in [0, 0.05) is 16.8 Å². The van der Waals surface area contributed by atoms with E-state index in [1.54, 1.807) is 0 Å². The van der Waals surface area contributed by atoms with E-state index in [1.165, 1.54) is 5.56 Å². The molecule has 80 valence electrons. The lowest BCUT2D eigenvalue weighted by atomic mass is 10.1. The fourth-order valence-corrected chi connectivity index (χ4v) is 2.22. The van der Waals surface area contributed by atoms with Gasteiger partial charge in [-0.05, 0) is 43.4 Å². The van der Waals surface area contributed by atoms with E-state index >= 15 is 0 Å². The van der Waals surface area contributed by atoms with E-state index < -0.39 is 0 Å². The third-order valence-corrected chi connectivity index (χ3v) is 3.30. The number of rotatable bonds is 5. The van der Waals surface area contributed by atoms with Gasteiger partial charge in [-0.15, -0.1) is 0 Å². The highest BCUT2D eigenvalue weighted by Crippen LogP contribution is 2.31. The Kier molecular flexibility index (Phi) is 3.57. The first-order valence-corrected chi connectivity index (χ1v) is 6.32. The van der Waals surface area contributed by atoms with Gasteiger partial charge in [0.2, 0.25) is 0 Å². The number of halogens is 1. The Morgan fingerprint density at radius 1 is 1.40 bits per heavy atom. The van der Waals surface area contributed by atoms with Gasteiger partial charge in [-0.25, -0.2) is 0 Å². The van der Waals surface area contributed by atoms with Gasteiger partial charge in [0.15, 0.2) is 0 Å². The number of benzene rings is 1. The van der Waals surface area contributed by atoms with Crippen LogP contribution in [0.25, 0.3) is 0 Å². The van der Waals surface area contributed by atoms with Crippen molar-refractivity contribution in [2.45, 2.75) is 32.1 Å². The summed E-state index contributed by atoms with van der Waals surface area (Å²) in [5, 5.41) is 0. The molecule has 1 aromatic carbocycles. The highest BCUT2D eigenvalue weighted by atomic mass is 79.9. The molecule has 0 aliphatic heterocycles. The number of carbonyl (C=O) groups is 1. The molecule has 0 bridgehead atoms. The maximum Gasteiger partial charge on any atom is 0.135 e. The SMILES string of the molecule is O=C(CCCc1cccc(Br)c1)C1CC1. The summed E-state index contributed by atoms with van der Waals surface area (Å²) in [5.74, 6) is 0.900. The van der Waals surface area contributed by atoms with Crippen LogP contribution in [0.2, 0.25) is 0 Å². The third kappa shape index (κ3) is 3.45. The van der Waals surface area contributed by atoms with E-state index in [-0.39, 0.29) is 0 Å². The molecule has 0 heterocycles. The van der Waals surface area contributed by atoms with Crippen molar-refractivity contribution in [3.63, 3.8) is 0 Å². The van der Waals surface area contributed by atoms with Crippen LogP contribution in [0.15, 0.2) is 28.7 Å². The third-order valence-electron chi connectivity index (χ3n) is 2.81. The molecular weight excluding hydrogens is 252 g/mol. The summed E-state index contributed by atoms with van der Waals surface area (Å²) in [4.78, 5) is 11.5. The van der Waals surface area contributed by atoms with Crippen LogP contribution in [0.5, 0.6) is 0 Å². The van der Waals surface area contributed by atoms with Gasteiger partial charge in [-0.1, -0.05) is 28.1 Å². The summed E-state index contributed by atoms with van der Waals surface area (Å²) >= 11 is 3.45. The molecular formula is C13H15BrO. The van der Waals surface area contributed by atoms with Gasteiger partial charge in [-0.3, -0.25) is 4.79 Å². The average Bonchev–Trinajstić information content (AvgIpc) is 3.00. The zero-order chi connectivity index (χ0) is 10.7. The van der Waals surface area contributed by atoms with Crippen molar-refractivity contribution in [2.75, 3.05) is 0 Å². The Morgan fingerprint density at radius 2 is 2.20 bits per heavy atom. The summed E-state index contributed by atoms with van der Waals surface area (Å²) in [6.07, 6.45) is 5.03. The molecule has 2 rings (SSSR count). The van der Waals surface area contributed by atoms with Crippen LogP contribution in [-0.2, 0) is 11.2 Å². The molecule has 0 saturated heterocycles. The molecule has 1 aromatic rings. The van der Waals surface area contributed by atoms with Crippen molar-refractivity contribution in [1.82, 2.24) is 0 Å². The first-order valence-electron chi connectivity index (χ1n) is 5.53. The zero-order valence-corrected chi connectivity index (χ0v) is 10.3. The first-order chi connectivity index (χ1) is 7.25. The number of Topliss-reactive ketones (excluding diaryl/α,β-unsaturated/α-hetero) is 1. The van der Waals surface area contributed by atoms with Crippen molar-refractivity contribution in [1.29, 1.82) is 0 Å². The molecule has 0 unspecified atom stereocenters. The lowest BCUT2D eigenvalue weighted by Gasteiger charge is -2.01. The Morgan fingerprint density at radius 3 is 2.87 bits per heavy atom. The van der Waals surface area contributed by atoms with Crippen LogP contribution in [0.4, 0.5) is 0 Å². The number of hydrogen-bond acceptors (Lipinski definition) is 1. The quantitative estimate of drug-likeness (QED) is 0.794. The minimum absolute atomic E-state index is 0.424. The Labute approximate surface area is 99.0 Å². The van der Waals surface area contributed by atoms with Crippen molar-refractivity contribution in [3.8, 4) is 0 Å². The second kappa shape index (κ2) is 4.93. The molecule has 1 saturated carbocycles. The van der Waals surface area contributed by atoms with E-state index in [0.717, 1.165) is 36.6 Å². The summed E-state index contributed by atoms with van der Waals surface area (Å²) < 4.78 is 1.12. The van der Waals surface area contributed by atoms with Crippen molar-refractivity contribution >= 4 is 21.7 Å². The topological polar surface area (TPSA) is 17.1 Å². The zero-order valence-electron chi connectivity index (χ0n) is 8.71. The Bertz CT molecular complexity index is 355. The standard InChI is InChI=1S/C13H15BrO/c14-12-5-1-3-10(9-12)4-2-6-13(15)11-7-8-11/h1,3,5,9,11H,2,4,6-8H2. The van der Waals surface area contributed by atoms with Gasteiger partial charge in [0.05, 0.1) is 0 Å².